The minimum absolute atomic E-state index is 0.692. The molecule has 4 heteroatoms. The van der Waals surface area contributed by atoms with Gasteiger partial charge in [-0.05, 0) is 31.2 Å². The van der Waals surface area contributed by atoms with Crippen molar-refractivity contribution in [1.29, 1.82) is 0 Å². The van der Waals surface area contributed by atoms with Crippen molar-refractivity contribution in [1.82, 2.24) is 0 Å². The summed E-state index contributed by atoms with van der Waals surface area (Å²) >= 11 is 0. The fraction of sp³-hybridized carbons (Fsp3) is 0.571. The predicted molar refractivity (Wildman–Crippen MR) is 71.3 cm³/mol. The summed E-state index contributed by atoms with van der Waals surface area (Å²) in [7, 11) is 1.73. The lowest BCUT2D eigenvalue weighted by molar-refractivity contribution is -0.656. The molecule has 0 saturated heterocycles. The molecule has 1 aromatic rings. The molecule has 1 aromatic carbocycles. The number of ether oxygens (including phenoxy) is 3. The third kappa shape index (κ3) is 6.47. The summed E-state index contributed by atoms with van der Waals surface area (Å²) in [4.78, 5) is 0. The van der Waals surface area contributed by atoms with Crippen LogP contribution in [0.25, 0.3) is 0 Å². The van der Waals surface area contributed by atoms with Crippen LogP contribution in [0.3, 0.4) is 0 Å². The Bertz CT molecular complexity index is 300. The second kappa shape index (κ2) is 9.74. The fourth-order valence-corrected chi connectivity index (χ4v) is 1.56. The highest BCUT2D eigenvalue weighted by atomic mass is 16.5. The molecule has 0 amide bonds. The van der Waals surface area contributed by atoms with Crippen LogP contribution in [0.4, 0.5) is 0 Å². The molecular formula is C14H24NO3+. The Morgan fingerprint density at radius 2 is 1.61 bits per heavy atom. The van der Waals surface area contributed by atoms with E-state index in [1.807, 2.05) is 31.2 Å². The quantitative estimate of drug-likeness (QED) is 0.635. The fourth-order valence-electron chi connectivity index (χ4n) is 1.56. The van der Waals surface area contributed by atoms with Crippen molar-refractivity contribution >= 4 is 0 Å². The summed E-state index contributed by atoms with van der Waals surface area (Å²) in [6.07, 6.45) is 1.04. The van der Waals surface area contributed by atoms with Crippen LogP contribution in [0.15, 0.2) is 24.3 Å². The number of rotatable bonds is 10. The molecule has 0 fully saturated rings. The van der Waals surface area contributed by atoms with Crippen LogP contribution in [-0.4, -0.2) is 40.0 Å². The van der Waals surface area contributed by atoms with Gasteiger partial charge in [0.25, 0.3) is 0 Å². The van der Waals surface area contributed by atoms with Crippen LogP contribution in [0.2, 0.25) is 0 Å². The van der Waals surface area contributed by atoms with Gasteiger partial charge in [-0.2, -0.15) is 0 Å². The van der Waals surface area contributed by atoms with Crippen LogP contribution >= 0.6 is 0 Å². The van der Waals surface area contributed by atoms with E-state index in [9.17, 15) is 0 Å². The first kappa shape index (κ1) is 14.8. The van der Waals surface area contributed by atoms with Crippen LogP contribution in [0, 0.1) is 0 Å². The van der Waals surface area contributed by atoms with E-state index in [0.717, 1.165) is 44.2 Å². The lowest BCUT2D eigenvalue weighted by Gasteiger charge is -2.07. The highest BCUT2D eigenvalue weighted by Gasteiger charge is 1.96. The van der Waals surface area contributed by atoms with Crippen LogP contribution in [0.1, 0.15) is 13.3 Å². The van der Waals surface area contributed by atoms with Gasteiger partial charge in [-0.15, -0.1) is 0 Å². The zero-order valence-corrected chi connectivity index (χ0v) is 11.4. The SMILES string of the molecule is CCOc1ccc(OCCC[NH2+]CCOC)cc1. The summed E-state index contributed by atoms with van der Waals surface area (Å²) in [5.74, 6) is 1.79. The van der Waals surface area contributed by atoms with Crippen molar-refractivity contribution < 1.29 is 19.5 Å². The molecular weight excluding hydrogens is 230 g/mol. The minimum Gasteiger partial charge on any atom is -0.494 e. The highest BCUT2D eigenvalue weighted by molar-refractivity contribution is 5.31. The number of hydrogen-bond donors (Lipinski definition) is 1. The van der Waals surface area contributed by atoms with E-state index in [4.69, 9.17) is 14.2 Å². The molecule has 2 N–H and O–H groups in total. The molecule has 0 unspecified atom stereocenters. The first-order valence-corrected chi connectivity index (χ1v) is 6.53. The monoisotopic (exact) mass is 254 g/mol. The molecule has 0 aliphatic rings. The Balaban J connectivity index is 2.08. The van der Waals surface area contributed by atoms with Crippen LogP contribution < -0.4 is 14.8 Å². The third-order valence-corrected chi connectivity index (χ3v) is 2.48. The molecule has 0 aliphatic carbocycles. The van der Waals surface area contributed by atoms with E-state index in [1.165, 1.54) is 0 Å². The Kier molecular flexibility index (Phi) is 8.01. The van der Waals surface area contributed by atoms with Gasteiger partial charge in [-0.1, -0.05) is 0 Å². The molecule has 0 spiro atoms. The maximum atomic E-state index is 5.64. The number of hydrogen-bond acceptors (Lipinski definition) is 3. The first-order chi connectivity index (χ1) is 8.86. The van der Waals surface area contributed by atoms with Gasteiger partial charge >= 0.3 is 0 Å². The minimum atomic E-state index is 0.692. The normalized spacial score (nSPS) is 10.3. The maximum absolute atomic E-state index is 5.64. The van der Waals surface area contributed by atoms with Crippen molar-refractivity contribution in [3.63, 3.8) is 0 Å². The molecule has 0 aromatic heterocycles. The van der Waals surface area contributed by atoms with E-state index >= 15 is 0 Å². The third-order valence-electron chi connectivity index (χ3n) is 2.48. The van der Waals surface area contributed by atoms with Crippen molar-refractivity contribution in [3.8, 4) is 11.5 Å². The molecule has 0 saturated carbocycles. The van der Waals surface area contributed by atoms with Crippen molar-refractivity contribution in [2.75, 3.05) is 40.0 Å². The van der Waals surface area contributed by atoms with Crippen molar-refractivity contribution in [2.45, 2.75) is 13.3 Å². The predicted octanol–water partition coefficient (Wildman–Crippen LogP) is 1.06. The van der Waals surface area contributed by atoms with Gasteiger partial charge in [0.1, 0.15) is 11.5 Å². The lowest BCUT2D eigenvalue weighted by Crippen LogP contribution is -2.85. The maximum Gasteiger partial charge on any atom is 0.119 e. The van der Waals surface area contributed by atoms with Crippen molar-refractivity contribution in [2.24, 2.45) is 0 Å². The Morgan fingerprint density at radius 1 is 0.944 bits per heavy atom. The first-order valence-electron chi connectivity index (χ1n) is 6.53. The van der Waals surface area contributed by atoms with E-state index < -0.39 is 0 Å². The molecule has 18 heavy (non-hydrogen) atoms. The van der Waals surface area contributed by atoms with E-state index in [2.05, 4.69) is 5.32 Å². The molecule has 0 bridgehead atoms. The summed E-state index contributed by atoms with van der Waals surface area (Å²) < 4.78 is 16.0. The molecule has 1 rings (SSSR count). The molecule has 0 heterocycles. The van der Waals surface area contributed by atoms with Crippen LogP contribution in [0.5, 0.6) is 11.5 Å². The largest absolute Gasteiger partial charge is 0.494 e. The lowest BCUT2D eigenvalue weighted by atomic mass is 10.3. The topological polar surface area (TPSA) is 44.3 Å². The van der Waals surface area contributed by atoms with E-state index in [-0.39, 0.29) is 0 Å². The number of quaternary nitrogens is 1. The summed E-state index contributed by atoms with van der Waals surface area (Å²) in [5.41, 5.74) is 0. The van der Waals surface area contributed by atoms with Gasteiger partial charge in [0, 0.05) is 13.5 Å². The van der Waals surface area contributed by atoms with Gasteiger partial charge in [0.2, 0.25) is 0 Å². The molecule has 4 nitrogen and oxygen atoms in total. The Morgan fingerprint density at radius 3 is 2.22 bits per heavy atom. The zero-order valence-electron chi connectivity index (χ0n) is 11.4. The Labute approximate surface area is 109 Å². The average Bonchev–Trinajstić information content (AvgIpc) is 2.40. The second-order valence-electron chi connectivity index (χ2n) is 3.97. The van der Waals surface area contributed by atoms with Gasteiger partial charge < -0.3 is 19.5 Å². The summed E-state index contributed by atoms with van der Waals surface area (Å²) in [6.45, 7) is 6.30. The highest BCUT2D eigenvalue weighted by Crippen LogP contribution is 2.17. The summed E-state index contributed by atoms with van der Waals surface area (Å²) in [6, 6.07) is 7.76. The van der Waals surface area contributed by atoms with Crippen LogP contribution in [-0.2, 0) is 4.74 Å². The standard InChI is InChI=1S/C14H23NO3/c1-3-17-13-5-7-14(8-6-13)18-11-4-9-15-10-12-16-2/h5-8,15H,3-4,9-12H2,1-2H3/p+1. The van der Waals surface area contributed by atoms with Crippen molar-refractivity contribution in [3.05, 3.63) is 24.3 Å². The van der Waals surface area contributed by atoms with E-state index in [1.54, 1.807) is 7.11 Å². The second-order valence-corrected chi connectivity index (χ2v) is 3.97. The Hall–Kier alpha value is -1.26. The number of nitrogens with two attached hydrogens (primary N) is 1. The van der Waals surface area contributed by atoms with Gasteiger partial charge in [0.15, 0.2) is 0 Å². The molecule has 0 aliphatic heterocycles. The van der Waals surface area contributed by atoms with Gasteiger partial charge in [-0.25, -0.2) is 0 Å². The zero-order chi connectivity index (χ0) is 13.1. The molecule has 102 valence electrons. The van der Waals surface area contributed by atoms with Gasteiger partial charge in [-0.3, -0.25) is 0 Å². The van der Waals surface area contributed by atoms with Gasteiger partial charge in [0.05, 0.1) is 32.9 Å². The number of methoxy groups -OCH3 is 1. The smallest absolute Gasteiger partial charge is 0.119 e. The summed E-state index contributed by atoms with van der Waals surface area (Å²) in [5, 5.41) is 2.24. The molecule has 0 radical (unpaired) electrons. The molecule has 0 atom stereocenters. The van der Waals surface area contributed by atoms with E-state index in [0.29, 0.717) is 6.61 Å². The number of benzene rings is 1. The average molecular weight is 254 g/mol.